The Morgan fingerprint density at radius 3 is 1.21 bits per heavy atom. The van der Waals surface area contributed by atoms with E-state index >= 15 is 0 Å². The number of hydrogen-bond donors (Lipinski definition) is 9. The molecule has 3 atom stereocenters. The van der Waals surface area contributed by atoms with Crippen molar-refractivity contribution in [1.82, 2.24) is 26.6 Å². The van der Waals surface area contributed by atoms with E-state index in [1.54, 1.807) is 0 Å². The lowest BCUT2D eigenvalue weighted by atomic mass is 10.0. The summed E-state index contributed by atoms with van der Waals surface area (Å²) in [6, 6.07) is -3.95. The van der Waals surface area contributed by atoms with Crippen molar-refractivity contribution in [3.63, 3.8) is 0 Å². The molecule has 23 nitrogen and oxygen atoms in total. The molecule has 0 aliphatic carbocycles. The lowest BCUT2D eigenvalue weighted by Crippen LogP contribution is -2.44. The van der Waals surface area contributed by atoms with Crippen LogP contribution in [0, 0.1) is 0 Å². The van der Waals surface area contributed by atoms with E-state index in [1.807, 2.05) is 0 Å². The minimum absolute atomic E-state index is 0.0273. The van der Waals surface area contributed by atoms with Crippen LogP contribution >= 0.6 is 0 Å². The summed E-state index contributed by atoms with van der Waals surface area (Å²) in [5.41, 5.74) is 0. The van der Waals surface area contributed by atoms with Gasteiger partial charge in [-0.1, -0.05) is 64.2 Å². The van der Waals surface area contributed by atoms with Gasteiger partial charge in [-0.3, -0.25) is 33.6 Å². The van der Waals surface area contributed by atoms with Gasteiger partial charge in [-0.05, 0) is 32.1 Å². The molecular weight excluding hydrogens is 874 g/mol. The van der Waals surface area contributed by atoms with Gasteiger partial charge in [-0.2, -0.15) is 0 Å². The number of ether oxygens (including phenoxy) is 4. The lowest BCUT2D eigenvalue weighted by Gasteiger charge is -2.16. The van der Waals surface area contributed by atoms with Crippen molar-refractivity contribution in [3.8, 4) is 0 Å². The van der Waals surface area contributed by atoms with Crippen LogP contribution in [0.2, 0.25) is 0 Å². The maximum atomic E-state index is 12.3. The molecule has 0 aromatic heterocycles. The normalized spacial score (nSPS) is 12.2. The highest BCUT2D eigenvalue weighted by molar-refractivity contribution is 5.87. The number of nitrogens with one attached hydrogen (secondary N) is 5. The van der Waals surface area contributed by atoms with Gasteiger partial charge in [-0.15, -0.1) is 0 Å². The summed E-state index contributed by atoms with van der Waals surface area (Å²) in [6.07, 6.45) is 12.8. The highest BCUT2D eigenvalue weighted by atomic mass is 16.5. The largest absolute Gasteiger partial charge is 0.481 e. The molecule has 0 saturated heterocycles. The number of carboxylic acid groups (broad SMARTS) is 4. The van der Waals surface area contributed by atoms with Gasteiger partial charge >= 0.3 is 23.9 Å². The standard InChI is InChI=1S/C43H72N5O18/c49-23-13-14-32(41(57)58)46-37(52)20-18-34(43(61)62)48-39(54)31-66-29-27-64-25-22-45-38(53)30-65-28-26-63-24-21-44-35(50)19-17-33(42(59)60)47-36(51)15-11-9-7-5-3-1-2-4-6-8-10-12-16-40(55)56/h32-34H,1-22,24-31H2,(H,44,50)(H,45,53)(H,46,52)(H,47,51)(H,48,54)(H,55,56)(H,57,58)(H,59,60)(H,61,62)/t32-,33-,34-/m0/s1. The predicted octanol–water partition coefficient (Wildman–Crippen LogP) is 0.990. The minimum atomic E-state index is -1.44. The fraction of sp³-hybridized carbons (Fsp3) is 0.767. The molecule has 0 rings (SSSR count). The molecular formula is C43H72N5O18. The van der Waals surface area contributed by atoms with Gasteiger partial charge in [0.1, 0.15) is 31.3 Å². The molecule has 377 valence electrons. The first-order valence-electron chi connectivity index (χ1n) is 22.6. The number of carbonyl (C=O) groups excluding carboxylic acids is 6. The number of amides is 5. The van der Waals surface area contributed by atoms with Crippen LogP contribution in [0.3, 0.4) is 0 Å². The molecule has 23 heteroatoms. The van der Waals surface area contributed by atoms with E-state index in [1.165, 1.54) is 6.29 Å². The summed E-state index contributed by atoms with van der Waals surface area (Å²) in [5, 5.41) is 48.7. The van der Waals surface area contributed by atoms with Crippen LogP contribution in [0.4, 0.5) is 0 Å². The quantitative estimate of drug-likeness (QED) is 0.0384. The SMILES string of the molecule is O=[C]CC[C@H](NC(=O)CC[C@H](NC(=O)COCCOCCNC(=O)COCCOCCNC(=O)CC[C@H](NC(=O)CCCCCCCCCCCCCCC(=O)O)C(=O)O)C(=O)O)C(=O)O. The first-order chi connectivity index (χ1) is 31.7. The zero-order valence-corrected chi connectivity index (χ0v) is 37.9. The van der Waals surface area contributed by atoms with Crippen molar-refractivity contribution in [1.29, 1.82) is 0 Å². The highest BCUT2D eigenvalue weighted by Gasteiger charge is 2.24. The van der Waals surface area contributed by atoms with E-state index in [4.69, 9.17) is 29.2 Å². The van der Waals surface area contributed by atoms with Gasteiger partial charge in [0, 0.05) is 45.2 Å². The van der Waals surface area contributed by atoms with E-state index in [9.17, 15) is 58.2 Å². The second kappa shape index (κ2) is 41.2. The van der Waals surface area contributed by atoms with Crippen LogP contribution in [0.15, 0.2) is 0 Å². The smallest absolute Gasteiger partial charge is 0.326 e. The van der Waals surface area contributed by atoms with Crippen molar-refractivity contribution in [2.75, 3.05) is 65.9 Å². The van der Waals surface area contributed by atoms with Crippen LogP contribution < -0.4 is 26.6 Å². The fourth-order valence-electron chi connectivity index (χ4n) is 6.06. The molecule has 0 saturated carbocycles. The second-order valence-electron chi connectivity index (χ2n) is 15.3. The monoisotopic (exact) mass is 946 g/mol. The third-order valence-corrected chi connectivity index (χ3v) is 9.65. The third kappa shape index (κ3) is 38.1. The molecule has 0 aliphatic rings. The average Bonchev–Trinajstić information content (AvgIpc) is 3.26. The summed E-state index contributed by atoms with van der Waals surface area (Å²) in [4.78, 5) is 116. The van der Waals surface area contributed by atoms with Gasteiger partial charge in [0.25, 0.3) is 0 Å². The summed E-state index contributed by atoms with van der Waals surface area (Å²) < 4.78 is 21.1. The average molecular weight is 947 g/mol. The molecule has 0 heterocycles. The number of hydrogen-bond acceptors (Lipinski definition) is 14. The Bertz CT molecular complexity index is 1450. The minimum Gasteiger partial charge on any atom is -0.481 e. The topological polar surface area (TPSA) is 349 Å². The molecule has 0 fully saturated rings. The Kier molecular flexibility index (Phi) is 37.9. The molecule has 5 amide bonds. The van der Waals surface area contributed by atoms with Crippen LogP contribution in [-0.2, 0) is 66.9 Å². The van der Waals surface area contributed by atoms with Gasteiger partial charge in [0.05, 0.1) is 39.6 Å². The van der Waals surface area contributed by atoms with Gasteiger partial charge < -0.3 is 66.0 Å². The van der Waals surface area contributed by atoms with Crippen LogP contribution in [-0.4, -0.2) is 164 Å². The molecule has 0 aromatic rings. The lowest BCUT2D eigenvalue weighted by molar-refractivity contribution is -0.144. The van der Waals surface area contributed by atoms with Crippen molar-refractivity contribution in [2.24, 2.45) is 0 Å². The Morgan fingerprint density at radius 1 is 0.394 bits per heavy atom. The second-order valence-corrected chi connectivity index (χ2v) is 15.3. The van der Waals surface area contributed by atoms with Crippen LogP contribution in [0.5, 0.6) is 0 Å². The Morgan fingerprint density at radius 2 is 0.758 bits per heavy atom. The maximum absolute atomic E-state index is 12.3. The van der Waals surface area contributed by atoms with E-state index < -0.39 is 78.7 Å². The third-order valence-electron chi connectivity index (χ3n) is 9.65. The Labute approximate surface area is 385 Å². The number of rotatable bonds is 46. The molecule has 9 N–H and O–H groups in total. The number of carbonyl (C=O) groups is 9. The van der Waals surface area contributed by atoms with Crippen molar-refractivity contribution in [3.05, 3.63) is 0 Å². The summed E-state index contributed by atoms with van der Waals surface area (Å²) in [7, 11) is 0. The van der Waals surface area contributed by atoms with E-state index in [0.717, 1.165) is 70.6 Å². The Hall–Kier alpha value is -5.26. The van der Waals surface area contributed by atoms with Gasteiger partial charge in [-0.25, -0.2) is 14.4 Å². The van der Waals surface area contributed by atoms with Crippen LogP contribution in [0.1, 0.15) is 128 Å². The molecule has 0 aliphatic heterocycles. The van der Waals surface area contributed by atoms with E-state index in [-0.39, 0.29) is 110 Å². The maximum Gasteiger partial charge on any atom is 0.326 e. The molecule has 1 radical (unpaired) electrons. The fourth-order valence-corrected chi connectivity index (χ4v) is 6.06. The number of aliphatic carboxylic acids is 4. The zero-order chi connectivity index (χ0) is 49.2. The molecule has 0 aromatic carbocycles. The zero-order valence-electron chi connectivity index (χ0n) is 37.9. The first kappa shape index (κ1) is 60.7. The highest BCUT2D eigenvalue weighted by Crippen LogP contribution is 2.13. The van der Waals surface area contributed by atoms with Crippen molar-refractivity contribution < 1.29 is 87.3 Å². The van der Waals surface area contributed by atoms with Crippen molar-refractivity contribution in [2.45, 2.75) is 147 Å². The van der Waals surface area contributed by atoms with Crippen LogP contribution in [0.25, 0.3) is 0 Å². The summed E-state index contributed by atoms with van der Waals surface area (Å²) in [6.45, 7) is 0.106. The van der Waals surface area contributed by atoms with E-state index in [0.29, 0.717) is 6.42 Å². The van der Waals surface area contributed by atoms with Crippen molar-refractivity contribution >= 4 is 59.7 Å². The molecule has 0 spiro atoms. The predicted molar refractivity (Wildman–Crippen MR) is 234 cm³/mol. The van der Waals surface area contributed by atoms with Gasteiger partial charge in [0.15, 0.2) is 6.29 Å². The number of carboxylic acids is 4. The molecule has 0 unspecified atom stereocenters. The Balaban J connectivity index is 3.85. The number of unbranched alkanes of at least 4 members (excludes halogenated alkanes) is 11. The summed E-state index contributed by atoms with van der Waals surface area (Å²) in [5.74, 6) is -7.43. The summed E-state index contributed by atoms with van der Waals surface area (Å²) >= 11 is 0. The molecule has 66 heavy (non-hydrogen) atoms. The van der Waals surface area contributed by atoms with Gasteiger partial charge in [0.2, 0.25) is 29.5 Å². The molecule has 0 bridgehead atoms. The first-order valence-corrected chi connectivity index (χ1v) is 22.6. The van der Waals surface area contributed by atoms with E-state index in [2.05, 4.69) is 26.6 Å².